The summed E-state index contributed by atoms with van der Waals surface area (Å²) >= 11 is 5.85. The summed E-state index contributed by atoms with van der Waals surface area (Å²) in [5.41, 5.74) is -1.33. The van der Waals surface area contributed by atoms with E-state index in [9.17, 15) is 18.0 Å². The zero-order chi connectivity index (χ0) is 15.3. The third-order valence-corrected chi connectivity index (χ3v) is 3.32. The molecule has 20 heavy (non-hydrogen) atoms. The number of rotatable bonds is 6. The molecule has 1 rings (SSSR count). The van der Waals surface area contributed by atoms with Crippen molar-refractivity contribution in [3.63, 3.8) is 0 Å². The van der Waals surface area contributed by atoms with Gasteiger partial charge in [-0.15, -0.1) is 0 Å². The summed E-state index contributed by atoms with van der Waals surface area (Å²) in [5, 5.41) is 0. The lowest BCUT2D eigenvalue weighted by Gasteiger charge is -2.14. The second-order valence-corrected chi connectivity index (χ2v) is 5.42. The quantitative estimate of drug-likeness (QED) is 0.446. The van der Waals surface area contributed by atoms with E-state index in [0.29, 0.717) is 17.9 Å². The Morgan fingerprint density at radius 2 is 2.15 bits per heavy atom. The highest BCUT2D eigenvalue weighted by Gasteiger charge is 2.40. The summed E-state index contributed by atoms with van der Waals surface area (Å²) in [6, 6.07) is 0. The van der Waals surface area contributed by atoms with Crippen molar-refractivity contribution < 1.29 is 27.4 Å². The molecule has 0 aliphatic carbocycles. The largest absolute Gasteiger partial charge is 0.435 e. The van der Waals surface area contributed by atoms with Crippen LogP contribution in [0, 0.1) is 0 Å². The molecule has 0 aromatic carbocycles. The highest BCUT2D eigenvalue weighted by Crippen LogP contribution is 2.36. The number of carbonyl (C=O) groups excluding carboxylic acids is 1. The summed E-state index contributed by atoms with van der Waals surface area (Å²) in [5.74, 6) is -1.15. The molecule has 0 saturated carbocycles. The molecule has 4 nitrogen and oxygen atoms in total. The molecule has 0 amide bonds. The van der Waals surface area contributed by atoms with Gasteiger partial charge in [0.25, 0.3) is 0 Å². The third-order valence-electron chi connectivity index (χ3n) is 2.18. The Kier molecular flexibility index (Phi) is 6.22. The number of unbranched alkanes of at least 4 members (excludes halogenated alkanes) is 1. The molecule has 0 radical (unpaired) electrons. The van der Waals surface area contributed by atoms with Crippen LogP contribution in [-0.2, 0) is 15.7 Å². The van der Waals surface area contributed by atoms with E-state index in [0.717, 1.165) is 12.8 Å². The van der Waals surface area contributed by atoms with E-state index >= 15 is 0 Å². The van der Waals surface area contributed by atoms with Crippen molar-refractivity contribution in [3.05, 3.63) is 15.0 Å². The minimum atomic E-state index is -4.76. The molecule has 0 aliphatic heterocycles. The van der Waals surface area contributed by atoms with E-state index in [-0.39, 0.29) is 4.47 Å². The number of halogens is 4. The van der Waals surface area contributed by atoms with Gasteiger partial charge in [0.2, 0.25) is 6.29 Å². The van der Waals surface area contributed by atoms with E-state index in [1.807, 2.05) is 6.92 Å². The van der Waals surface area contributed by atoms with Crippen molar-refractivity contribution >= 4 is 28.9 Å². The Labute approximate surface area is 122 Å². The van der Waals surface area contributed by atoms with E-state index in [2.05, 4.69) is 4.98 Å². The van der Waals surface area contributed by atoms with Gasteiger partial charge in [-0.3, -0.25) is 0 Å². The first-order valence-electron chi connectivity index (χ1n) is 5.81. The Hall–Kier alpha value is -0.860. The number of ether oxygens (including phenoxy) is 2. The number of esters is 1. The highest BCUT2D eigenvalue weighted by atomic mass is 35.5. The molecule has 1 heterocycles. The summed E-state index contributed by atoms with van der Waals surface area (Å²) in [4.78, 5) is 14.1. The molecule has 114 valence electrons. The monoisotopic (exact) mass is 331 g/mol. The number of carbonyl (C=O) groups is 1. The third kappa shape index (κ3) is 4.92. The molecule has 0 aliphatic rings. The second kappa shape index (κ2) is 7.24. The molecule has 0 spiro atoms. The number of aromatic nitrogens is 1. The van der Waals surface area contributed by atoms with Crippen molar-refractivity contribution in [2.75, 3.05) is 6.61 Å². The lowest BCUT2D eigenvalue weighted by Crippen LogP contribution is -2.20. The highest BCUT2D eigenvalue weighted by molar-refractivity contribution is 7.17. The molecule has 1 aromatic heterocycles. The fraction of sp³-hybridized carbons (Fsp3) is 0.636. The normalized spacial score (nSPS) is 13.3. The standard InChI is InChI=1S/C11H13ClF3NO3S/c1-3-4-5-18-6(2)19-9(17)7-8(11(13,14)15)16-10(12)20-7/h6H,3-5H2,1-2H3. The molecule has 1 aromatic rings. The fourth-order valence-corrected chi connectivity index (χ4v) is 2.27. The van der Waals surface area contributed by atoms with Gasteiger partial charge in [-0.2, -0.15) is 13.2 Å². The lowest BCUT2D eigenvalue weighted by molar-refractivity contribution is -0.142. The number of thiazole rings is 1. The predicted molar refractivity (Wildman–Crippen MR) is 67.9 cm³/mol. The summed E-state index contributed by atoms with van der Waals surface area (Å²) in [6.45, 7) is 3.75. The first-order chi connectivity index (χ1) is 9.25. The van der Waals surface area contributed by atoms with Crippen LogP contribution in [0.4, 0.5) is 13.2 Å². The maximum atomic E-state index is 12.7. The Morgan fingerprint density at radius 1 is 1.50 bits per heavy atom. The van der Waals surface area contributed by atoms with Gasteiger partial charge in [0.1, 0.15) is 4.88 Å². The first kappa shape index (κ1) is 17.2. The topological polar surface area (TPSA) is 48.4 Å². The molecular weight excluding hydrogens is 319 g/mol. The van der Waals surface area contributed by atoms with Crippen molar-refractivity contribution in [2.24, 2.45) is 0 Å². The van der Waals surface area contributed by atoms with Crippen LogP contribution >= 0.6 is 22.9 Å². The van der Waals surface area contributed by atoms with Crippen LogP contribution in [0.1, 0.15) is 42.1 Å². The molecular formula is C11H13ClF3NO3S. The van der Waals surface area contributed by atoms with Gasteiger partial charge in [-0.1, -0.05) is 36.3 Å². The average molecular weight is 332 g/mol. The minimum absolute atomic E-state index is 0.362. The van der Waals surface area contributed by atoms with Crippen LogP contribution in [0.15, 0.2) is 0 Å². The zero-order valence-electron chi connectivity index (χ0n) is 10.8. The van der Waals surface area contributed by atoms with Crippen LogP contribution in [0.3, 0.4) is 0 Å². The smallest absolute Gasteiger partial charge is 0.432 e. The number of hydrogen-bond acceptors (Lipinski definition) is 5. The zero-order valence-corrected chi connectivity index (χ0v) is 12.4. The van der Waals surface area contributed by atoms with Gasteiger partial charge in [-0.05, 0) is 13.3 Å². The Balaban J connectivity index is 2.73. The Morgan fingerprint density at radius 3 is 2.70 bits per heavy atom. The number of hydrogen-bond donors (Lipinski definition) is 0. The predicted octanol–water partition coefficient (Wildman–Crippen LogP) is 4.13. The molecule has 0 bridgehead atoms. The van der Waals surface area contributed by atoms with Crippen LogP contribution in [0.25, 0.3) is 0 Å². The van der Waals surface area contributed by atoms with E-state index in [4.69, 9.17) is 21.1 Å². The van der Waals surface area contributed by atoms with Gasteiger partial charge >= 0.3 is 12.1 Å². The molecule has 1 unspecified atom stereocenters. The molecule has 0 fully saturated rings. The number of nitrogens with zero attached hydrogens (tertiary/aromatic N) is 1. The van der Waals surface area contributed by atoms with Crippen molar-refractivity contribution in [3.8, 4) is 0 Å². The lowest BCUT2D eigenvalue weighted by atomic mass is 10.3. The number of alkyl halides is 3. The molecule has 9 heteroatoms. The molecule has 1 atom stereocenters. The van der Waals surface area contributed by atoms with E-state index in [1.165, 1.54) is 6.92 Å². The second-order valence-electron chi connectivity index (χ2n) is 3.84. The van der Waals surface area contributed by atoms with Gasteiger partial charge in [0, 0.05) is 0 Å². The van der Waals surface area contributed by atoms with Crippen LogP contribution < -0.4 is 0 Å². The Bertz CT molecular complexity index is 464. The first-order valence-corrected chi connectivity index (χ1v) is 7.01. The molecule has 0 saturated heterocycles. The maximum absolute atomic E-state index is 12.7. The molecule has 0 N–H and O–H groups in total. The summed E-state index contributed by atoms with van der Waals surface area (Å²) in [6.07, 6.45) is -4.04. The van der Waals surface area contributed by atoms with Gasteiger partial charge in [0.15, 0.2) is 10.2 Å². The van der Waals surface area contributed by atoms with Crippen molar-refractivity contribution in [1.29, 1.82) is 0 Å². The SMILES string of the molecule is CCCCOC(C)OC(=O)c1sc(Cl)nc1C(F)(F)F. The summed E-state index contributed by atoms with van der Waals surface area (Å²) in [7, 11) is 0. The van der Waals surface area contributed by atoms with E-state index < -0.39 is 29.0 Å². The van der Waals surface area contributed by atoms with Crippen LogP contribution in [-0.4, -0.2) is 23.9 Å². The van der Waals surface area contributed by atoms with Crippen LogP contribution in [0.2, 0.25) is 4.47 Å². The van der Waals surface area contributed by atoms with Gasteiger partial charge in [0.05, 0.1) is 6.61 Å². The van der Waals surface area contributed by atoms with Crippen molar-refractivity contribution in [2.45, 2.75) is 39.2 Å². The van der Waals surface area contributed by atoms with Gasteiger partial charge in [-0.25, -0.2) is 9.78 Å². The van der Waals surface area contributed by atoms with Crippen molar-refractivity contribution in [1.82, 2.24) is 4.98 Å². The minimum Gasteiger partial charge on any atom is -0.432 e. The maximum Gasteiger partial charge on any atom is 0.435 e. The van der Waals surface area contributed by atoms with Crippen LogP contribution in [0.5, 0.6) is 0 Å². The van der Waals surface area contributed by atoms with E-state index in [1.54, 1.807) is 0 Å². The fourth-order valence-electron chi connectivity index (χ4n) is 1.26. The van der Waals surface area contributed by atoms with Gasteiger partial charge < -0.3 is 9.47 Å². The average Bonchev–Trinajstić information content (AvgIpc) is 2.71. The summed E-state index contributed by atoms with van der Waals surface area (Å²) < 4.78 is 47.5.